The number of halogens is 1. The van der Waals surface area contributed by atoms with Gasteiger partial charge >= 0.3 is 0 Å². The maximum Gasteiger partial charge on any atom is 0.128 e. The van der Waals surface area contributed by atoms with E-state index in [1.165, 1.54) is 6.07 Å². The molecule has 1 aliphatic heterocycles. The first-order valence-corrected chi connectivity index (χ1v) is 6.39. The minimum Gasteiger partial charge on any atom is -0.388 e. The number of likely N-dealkylation sites (N-methyl/N-ethyl adjacent to an activating group) is 1. The Bertz CT molecular complexity index is 380. The summed E-state index contributed by atoms with van der Waals surface area (Å²) in [5, 5.41) is 10.00. The van der Waals surface area contributed by atoms with Crippen molar-refractivity contribution < 1.29 is 14.2 Å². The molecule has 0 aliphatic carbocycles. The summed E-state index contributed by atoms with van der Waals surface area (Å²) >= 11 is 0. The van der Waals surface area contributed by atoms with Crippen LogP contribution < -0.4 is 0 Å². The lowest BCUT2D eigenvalue weighted by Gasteiger charge is -2.24. The van der Waals surface area contributed by atoms with Crippen LogP contribution in [0.5, 0.6) is 0 Å². The number of ether oxygens (including phenoxy) is 1. The van der Waals surface area contributed by atoms with Gasteiger partial charge in [0.2, 0.25) is 0 Å². The molecule has 0 amide bonds. The zero-order valence-corrected chi connectivity index (χ0v) is 10.7. The molecule has 18 heavy (non-hydrogen) atoms. The minimum absolute atomic E-state index is 0.336. The van der Waals surface area contributed by atoms with Gasteiger partial charge in [-0.25, -0.2) is 4.39 Å². The number of benzene rings is 1. The molecule has 0 aromatic heterocycles. The first-order valence-electron chi connectivity index (χ1n) is 6.39. The molecule has 2 unspecified atom stereocenters. The van der Waals surface area contributed by atoms with E-state index in [-0.39, 0.29) is 5.82 Å². The van der Waals surface area contributed by atoms with Crippen LogP contribution in [0.4, 0.5) is 4.39 Å². The highest BCUT2D eigenvalue weighted by molar-refractivity contribution is 5.19. The number of hydrogen-bond acceptors (Lipinski definition) is 3. The van der Waals surface area contributed by atoms with Gasteiger partial charge in [0.25, 0.3) is 0 Å². The van der Waals surface area contributed by atoms with Gasteiger partial charge in [0.1, 0.15) is 5.82 Å². The summed E-state index contributed by atoms with van der Waals surface area (Å²) in [5.41, 5.74) is 0.383. The zero-order chi connectivity index (χ0) is 13.0. The third-order valence-corrected chi connectivity index (χ3v) is 3.55. The highest BCUT2D eigenvalue weighted by Crippen LogP contribution is 2.21. The Hall–Kier alpha value is -0.970. The van der Waals surface area contributed by atoms with Crippen LogP contribution in [0.25, 0.3) is 0 Å². The van der Waals surface area contributed by atoms with Gasteiger partial charge < -0.3 is 14.7 Å². The van der Waals surface area contributed by atoms with Crippen molar-refractivity contribution in [2.24, 2.45) is 0 Å². The van der Waals surface area contributed by atoms with Gasteiger partial charge in [-0.2, -0.15) is 0 Å². The molecule has 0 radical (unpaired) electrons. The normalized spacial score (nSPS) is 21.4. The SMILES string of the molecule is CN(CCC(O)c1ccccc1F)C1CCOC1. The second kappa shape index (κ2) is 6.27. The molecule has 2 rings (SSSR count). The molecule has 0 bridgehead atoms. The van der Waals surface area contributed by atoms with E-state index in [4.69, 9.17) is 4.74 Å². The van der Waals surface area contributed by atoms with Crippen molar-refractivity contribution in [3.8, 4) is 0 Å². The van der Waals surface area contributed by atoms with Crippen LogP contribution in [0.15, 0.2) is 24.3 Å². The third kappa shape index (κ3) is 3.28. The van der Waals surface area contributed by atoms with Crippen molar-refractivity contribution >= 4 is 0 Å². The molecule has 1 heterocycles. The smallest absolute Gasteiger partial charge is 0.128 e. The van der Waals surface area contributed by atoms with Crippen LogP contribution in [0, 0.1) is 5.82 Å². The number of hydrogen-bond donors (Lipinski definition) is 1. The maximum atomic E-state index is 13.5. The van der Waals surface area contributed by atoms with Gasteiger partial charge in [0.15, 0.2) is 0 Å². The van der Waals surface area contributed by atoms with Crippen molar-refractivity contribution in [3.63, 3.8) is 0 Å². The molecule has 1 N–H and O–H groups in total. The molecule has 1 aromatic rings. The van der Waals surface area contributed by atoms with Gasteiger partial charge in [0.05, 0.1) is 12.7 Å². The van der Waals surface area contributed by atoms with E-state index in [1.54, 1.807) is 18.2 Å². The summed E-state index contributed by atoms with van der Waals surface area (Å²) < 4.78 is 18.8. The average Bonchev–Trinajstić information content (AvgIpc) is 2.90. The topological polar surface area (TPSA) is 32.7 Å². The molecule has 0 spiro atoms. The van der Waals surface area contributed by atoms with E-state index >= 15 is 0 Å². The van der Waals surface area contributed by atoms with E-state index in [0.29, 0.717) is 18.0 Å². The quantitative estimate of drug-likeness (QED) is 0.871. The van der Waals surface area contributed by atoms with E-state index < -0.39 is 6.10 Å². The van der Waals surface area contributed by atoms with Gasteiger partial charge in [-0.15, -0.1) is 0 Å². The molecule has 0 saturated carbocycles. The Morgan fingerprint density at radius 2 is 2.28 bits per heavy atom. The predicted octanol–water partition coefficient (Wildman–Crippen LogP) is 1.97. The standard InChI is InChI=1S/C14H20FNO2/c1-16(11-7-9-18-10-11)8-6-14(17)12-4-2-3-5-13(12)15/h2-5,11,14,17H,6-10H2,1H3. The summed E-state index contributed by atoms with van der Waals surface area (Å²) in [4.78, 5) is 2.18. The van der Waals surface area contributed by atoms with Crippen LogP contribution in [0.3, 0.4) is 0 Å². The van der Waals surface area contributed by atoms with Crippen molar-refractivity contribution in [1.82, 2.24) is 4.90 Å². The second-order valence-electron chi connectivity index (χ2n) is 4.82. The summed E-state index contributed by atoms with van der Waals surface area (Å²) in [6.07, 6.45) is 0.830. The monoisotopic (exact) mass is 253 g/mol. The highest BCUT2D eigenvalue weighted by atomic mass is 19.1. The fraction of sp³-hybridized carbons (Fsp3) is 0.571. The van der Waals surface area contributed by atoms with Crippen molar-refractivity contribution in [2.45, 2.75) is 25.0 Å². The van der Waals surface area contributed by atoms with Gasteiger partial charge in [-0.05, 0) is 26.0 Å². The largest absolute Gasteiger partial charge is 0.388 e. The van der Waals surface area contributed by atoms with Crippen molar-refractivity contribution in [3.05, 3.63) is 35.6 Å². The Kier molecular flexibility index (Phi) is 4.69. The summed E-state index contributed by atoms with van der Waals surface area (Å²) in [5.74, 6) is -0.336. The molecule has 1 fully saturated rings. The summed E-state index contributed by atoms with van der Waals surface area (Å²) in [7, 11) is 2.02. The highest BCUT2D eigenvalue weighted by Gasteiger charge is 2.21. The van der Waals surface area contributed by atoms with Gasteiger partial charge in [-0.1, -0.05) is 18.2 Å². The van der Waals surface area contributed by atoms with E-state index in [0.717, 1.165) is 26.2 Å². The summed E-state index contributed by atoms with van der Waals surface area (Å²) in [6.45, 7) is 2.31. The zero-order valence-electron chi connectivity index (χ0n) is 10.7. The third-order valence-electron chi connectivity index (χ3n) is 3.55. The number of aliphatic hydroxyl groups excluding tert-OH is 1. The second-order valence-corrected chi connectivity index (χ2v) is 4.82. The molecule has 100 valence electrons. The van der Waals surface area contributed by atoms with E-state index in [2.05, 4.69) is 4.90 Å². The lowest BCUT2D eigenvalue weighted by molar-refractivity contribution is 0.122. The van der Waals surface area contributed by atoms with Crippen LogP contribution in [0.2, 0.25) is 0 Å². The molecule has 1 saturated heterocycles. The maximum absolute atomic E-state index is 13.5. The Labute approximate surface area is 107 Å². The molecule has 4 heteroatoms. The van der Waals surface area contributed by atoms with Gasteiger partial charge in [0, 0.05) is 24.8 Å². The lowest BCUT2D eigenvalue weighted by atomic mass is 10.1. The Morgan fingerprint density at radius 1 is 1.50 bits per heavy atom. The van der Waals surface area contributed by atoms with Crippen LogP contribution in [-0.2, 0) is 4.74 Å². The Morgan fingerprint density at radius 3 is 2.94 bits per heavy atom. The van der Waals surface area contributed by atoms with Crippen LogP contribution >= 0.6 is 0 Å². The van der Waals surface area contributed by atoms with E-state index in [9.17, 15) is 9.50 Å². The van der Waals surface area contributed by atoms with Crippen LogP contribution in [-0.4, -0.2) is 42.9 Å². The molecule has 2 atom stereocenters. The average molecular weight is 253 g/mol. The first kappa shape index (κ1) is 13.5. The Balaban J connectivity index is 1.84. The van der Waals surface area contributed by atoms with Gasteiger partial charge in [-0.3, -0.25) is 0 Å². The minimum atomic E-state index is -0.740. The fourth-order valence-corrected chi connectivity index (χ4v) is 2.28. The van der Waals surface area contributed by atoms with Crippen molar-refractivity contribution in [1.29, 1.82) is 0 Å². The van der Waals surface area contributed by atoms with Crippen molar-refractivity contribution in [2.75, 3.05) is 26.8 Å². The first-order chi connectivity index (χ1) is 8.68. The van der Waals surface area contributed by atoms with Crippen LogP contribution in [0.1, 0.15) is 24.5 Å². The molecule has 1 aliphatic rings. The molecular weight excluding hydrogens is 233 g/mol. The summed E-state index contributed by atoms with van der Waals surface area (Å²) in [6, 6.07) is 6.83. The lowest BCUT2D eigenvalue weighted by Crippen LogP contribution is -2.33. The molecule has 1 aromatic carbocycles. The molecule has 3 nitrogen and oxygen atoms in total. The van der Waals surface area contributed by atoms with E-state index in [1.807, 2.05) is 7.05 Å². The predicted molar refractivity (Wildman–Crippen MR) is 67.8 cm³/mol. The molecular formula is C14H20FNO2. The number of aliphatic hydroxyl groups is 1. The fourth-order valence-electron chi connectivity index (χ4n) is 2.28. The number of nitrogens with zero attached hydrogens (tertiary/aromatic N) is 1. The number of rotatable bonds is 5.